The number of hydrogen-bond acceptors (Lipinski definition) is 1. The molecule has 86 valence electrons. The van der Waals surface area contributed by atoms with E-state index >= 15 is 0 Å². The lowest BCUT2D eigenvalue weighted by Gasteiger charge is -2.12. The van der Waals surface area contributed by atoms with E-state index in [-0.39, 0.29) is 0 Å². The lowest BCUT2D eigenvalue weighted by Crippen LogP contribution is -2.10. The zero-order valence-electron chi connectivity index (χ0n) is 10.1. The maximum absolute atomic E-state index is 3.94. The van der Waals surface area contributed by atoms with Gasteiger partial charge in [-0.2, -0.15) is 0 Å². The molecule has 1 heteroatoms. The zero-order valence-corrected chi connectivity index (χ0v) is 10.1. The maximum Gasteiger partial charge on any atom is 0.0340 e. The highest BCUT2D eigenvalue weighted by Gasteiger charge is 2.14. The van der Waals surface area contributed by atoms with E-state index < -0.39 is 0 Å². The molecule has 1 aromatic carbocycles. The van der Waals surface area contributed by atoms with E-state index in [0.29, 0.717) is 0 Å². The van der Waals surface area contributed by atoms with E-state index in [1.54, 1.807) is 0 Å². The molecule has 0 radical (unpaired) electrons. The van der Waals surface area contributed by atoms with Crippen LogP contribution in [-0.4, -0.2) is 6.54 Å². The fraction of sp³-hybridized carbons (Fsp3) is 0.467. The minimum absolute atomic E-state index is 0.890. The van der Waals surface area contributed by atoms with Gasteiger partial charge in [0.05, 0.1) is 0 Å². The summed E-state index contributed by atoms with van der Waals surface area (Å²) in [5, 5.41) is 3.52. The average molecular weight is 215 g/mol. The van der Waals surface area contributed by atoms with E-state index in [0.717, 1.165) is 18.0 Å². The molecule has 1 nitrogen and oxygen atoms in total. The summed E-state index contributed by atoms with van der Waals surface area (Å²) < 4.78 is 0. The average Bonchev–Trinajstić information content (AvgIpc) is 2.80. The fourth-order valence-electron chi connectivity index (χ4n) is 2.35. The molecule has 0 bridgehead atoms. The topological polar surface area (TPSA) is 12.0 Å². The Morgan fingerprint density at radius 3 is 2.44 bits per heavy atom. The van der Waals surface area contributed by atoms with Gasteiger partial charge in [0.1, 0.15) is 0 Å². The summed E-state index contributed by atoms with van der Waals surface area (Å²) in [7, 11) is 0. The third-order valence-electron chi connectivity index (χ3n) is 3.45. The van der Waals surface area contributed by atoms with Crippen LogP contribution in [0.15, 0.2) is 30.8 Å². The van der Waals surface area contributed by atoms with Gasteiger partial charge in [0.25, 0.3) is 0 Å². The van der Waals surface area contributed by atoms with Crippen molar-refractivity contribution in [3.63, 3.8) is 0 Å². The Hall–Kier alpha value is -1.24. The van der Waals surface area contributed by atoms with E-state index in [4.69, 9.17) is 0 Å². The summed E-state index contributed by atoms with van der Waals surface area (Å²) >= 11 is 0. The van der Waals surface area contributed by atoms with E-state index in [1.807, 2.05) is 6.92 Å². The van der Waals surface area contributed by atoms with Crippen LogP contribution in [0.4, 0.5) is 5.69 Å². The molecular weight excluding hydrogens is 194 g/mol. The molecule has 1 aliphatic rings. The van der Waals surface area contributed by atoms with Crippen molar-refractivity contribution < 1.29 is 0 Å². The third kappa shape index (κ3) is 2.88. The minimum atomic E-state index is 0.890. The first-order valence-electron chi connectivity index (χ1n) is 6.25. The van der Waals surface area contributed by atoms with Crippen molar-refractivity contribution in [2.24, 2.45) is 5.92 Å². The first-order valence-corrected chi connectivity index (χ1v) is 6.25. The molecule has 0 saturated heterocycles. The summed E-state index contributed by atoms with van der Waals surface area (Å²) in [5.41, 5.74) is 3.59. The fourth-order valence-corrected chi connectivity index (χ4v) is 2.35. The molecule has 1 aromatic rings. The molecule has 2 rings (SSSR count). The van der Waals surface area contributed by atoms with Crippen molar-refractivity contribution >= 4 is 11.3 Å². The van der Waals surface area contributed by atoms with Crippen LogP contribution in [0.3, 0.4) is 0 Å². The number of allylic oxidation sites excluding steroid dienone is 1. The second-order valence-electron chi connectivity index (χ2n) is 4.89. The van der Waals surface area contributed by atoms with Gasteiger partial charge in [-0.25, -0.2) is 0 Å². The normalized spacial score (nSPS) is 16.3. The Balaban J connectivity index is 1.87. The van der Waals surface area contributed by atoms with Crippen molar-refractivity contribution in [1.29, 1.82) is 0 Å². The lowest BCUT2D eigenvalue weighted by atomic mass is 10.1. The van der Waals surface area contributed by atoms with E-state index in [2.05, 4.69) is 36.2 Å². The number of anilines is 1. The molecule has 0 unspecified atom stereocenters. The predicted molar refractivity (Wildman–Crippen MR) is 71.6 cm³/mol. The van der Waals surface area contributed by atoms with E-state index in [1.165, 1.54) is 36.9 Å². The van der Waals surface area contributed by atoms with Crippen molar-refractivity contribution in [3.05, 3.63) is 36.4 Å². The van der Waals surface area contributed by atoms with Gasteiger partial charge >= 0.3 is 0 Å². The highest BCUT2D eigenvalue weighted by molar-refractivity contribution is 5.63. The Labute approximate surface area is 98.6 Å². The third-order valence-corrected chi connectivity index (χ3v) is 3.45. The van der Waals surface area contributed by atoms with E-state index in [9.17, 15) is 0 Å². The van der Waals surface area contributed by atoms with Crippen molar-refractivity contribution in [3.8, 4) is 0 Å². The molecule has 1 saturated carbocycles. The maximum atomic E-state index is 3.94. The van der Waals surface area contributed by atoms with Gasteiger partial charge in [-0.3, -0.25) is 0 Å². The number of nitrogens with one attached hydrogen (secondary N) is 1. The molecule has 0 heterocycles. The number of benzene rings is 1. The van der Waals surface area contributed by atoms with Crippen molar-refractivity contribution in [1.82, 2.24) is 0 Å². The lowest BCUT2D eigenvalue weighted by molar-refractivity contribution is 0.580. The van der Waals surface area contributed by atoms with Crippen molar-refractivity contribution in [2.75, 3.05) is 11.9 Å². The highest BCUT2D eigenvalue weighted by atomic mass is 14.9. The number of hydrogen-bond donors (Lipinski definition) is 1. The monoisotopic (exact) mass is 215 g/mol. The molecule has 1 fully saturated rings. The molecule has 16 heavy (non-hydrogen) atoms. The predicted octanol–water partition coefficient (Wildman–Crippen LogP) is 4.32. The summed E-state index contributed by atoms with van der Waals surface area (Å²) in [4.78, 5) is 0. The number of rotatable bonds is 4. The summed E-state index contributed by atoms with van der Waals surface area (Å²) in [5.74, 6) is 0.890. The highest BCUT2D eigenvalue weighted by Crippen LogP contribution is 2.25. The van der Waals surface area contributed by atoms with Gasteiger partial charge in [0, 0.05) is 12.2 Å². The van der Waals surface area contributed by atoms with Gasteiger partial charge in [0.2, 0.25) is 0 Å². The van der Waals surface area contributed by atoms with Crippen LogP contribution in [0.5, 0.6) is 0 Å². The largest absolute Gasteiger partial charge is 0.385 e. The van der Waals surface area contributed by atoms with Gasteiger partial charge < -0.3 is 5.32 Å². The van der Waals surface area contributed by atoms with Gasteiger partial charge in [-0.1, -0.05) is 37.1 Å². The van der Waals surface area contributed by atoms with Crippen LogP contribution < -0.4 is 5.32 Å². The van der Waals surface area contributed by atoms with Crippen molar-refractivity contribution in [2.45, 2.75) is 32.6 Å². The first kappa shape index (κ1) is 11.3. The molecule has 0 spiro atoms. The molecule has 0 aromatic heterocycles. The second kappa shape index (κ2) is 5.20. The SMILES string of the molecule is C=C(C)c1ccc(NCC2CCCC2)cc1. The van der Waals surface area contributed by atoms with Gasteiger partial charge in [0.15, 0.2) is 0 Å². The molecule has 0 atom stereocenters. The van der Waals surface area contributed by atoms with Crippen LogP contribution in [0.25, 0.3) is 5.57 Å². The zero-order chi connectivity index (χ0) is 11.4. The Morgan fingerprint density at radius 1 is 1.25 bits per heavy atom. The van der Waals surface area contributed by atoms with Crippen LogP contribution in [0.2, 0.25) is 0 Å². The van der Waals surface area contributed by atoms with Gasteiger partial charge in [-0.05, 0) is 43.4 Å². The Morgan fingerprint density at radius 2 is 1.88 bits per heavy atom. The smallest absolute Gasteiger partial charge is 0.0340 e. The Kier molecular flexibility index (Phi) is 3.66. The quantitative estimate of drug-likeness (QED) is 0.788. The molecule has 0 amide bonds. The Bertz CT molecular complexity index is 344. The molecule has 1 aliphatic carbocycles. The summed E-state index contributed by atoms with van der Waals surface area (Å²) in [6.07, 6.45) is 5.63. The summed E-state index contributed by atoms with van der Waals surface area (Å²) in [6, 6.07) is 8.58. The molecule has 1 N–H and O–H groups in total. The van der Waals surface area contributed by atoms with Crippen LogP contribution in [0, 0.1) is 5.92 Å². The summed E-state index contributed by atoms with van der Waals surface area (Å²) in [6.45, 7) is 7.12. The van der Waals surface area contributed by atoms with Crippen LogP contribution in [0.1, 0.15) is 38.2 Å². The standard InChI is InChI=1S/C15H21N/c1-12(2)14-7-9-15(10-8-14)16-11-13-5-3-4-6-13/h7-10,13,16H,1,3-6,11H2,2H3. The molecule has 0 aliphatic heterocycles. The van der Waals surface area contributed by atoms with Crippen LogP contribution in [-0.2, 0) is 0 Å². The van der Waals surface area contributed by atoms with Crippen LogP contribution >= 0.6 is 0 Å². The first-order chi connectivity index (χ1) is 7.75. The minimum Gasteiger partial charge on any atom is -0.385 e. The molecular formula is C15H21N. The van der Waals surface area contributed by atoms with Gasteiger partial charge in [-0.15, -0.1) is 0 Å². The second-order valence-corrected chi connectivity index (χ2v) is 4.89.